The highest BCUT2D eigenvalue weighted by Crippen LogP contribution is 2.32. The molecule has 0 saturated heterocycles. The van der Waals surface area contributed by atoms with Gasteiger partial charge in [-0.25, -0.2) is 0 Å². The van der Waals surface area contributed by atoms with Crippen molar-refractivity contribution in [1.82, 2.24) is 5.32 Å². The van der Waals surface area contributed by atoms with Gasteiger partial charge in [-0.15, -0.1) is 0 Å². The van der Waals surface area contributed by atoms with E-state index in [0.29, 0.717) is 23.0 Å². The van der Waals surface area contributed by atoms with E-state index in [1.165, 1.54) is 7.11 Å². The number of ether oxygens (including phenoxy) is 1. The lowest BCUT2D eigenvalue weighted by Gasteiger charge is -2.16. The second-order valence-electron chi connectivity index (χ2n) is 8.06. The number of aryl methyl sites for hydroxylation is 2. The van der Waals surface area contributed by atoms with Crippen molar-refractivity contribution in [2.24, 2.45) is 0 Å². The zero-order chi connectivity index (χ0) is 26.8. The molecular weight excluding hydrogens is 508 g/mol. The molecule has 3 rings (SSSR count). The maximum absolute atomic E-state index is 13.2. The van der Waals surface area contributed by atoms with Crippen LogP contribution in [0.1, 0.15) is 16.7 Å². The Hall–Kier alpha value is -3.93. The summed E-state index contributed by atoms with van der Waals surface area (Å²) in [7, 11) is 1.47. The number of halogens is 1. The maximum Gasteiger partial charge on any atom is 0.269 e. The van der Waals surface area contributed by atoms with Crippen LogP contribution < -0.4 is 20.7 Å². The number of nitriles is 1. The van der Waals surface area contributed by atoms with E-state index < -0.39 is 5.91 Å². The number of carbonyl (C=O) groups is 2. The lowest BCUT2D eigenvalue weighted by Crippen LogP contribution is -2.25. The monoisotopic (exact) mass is 534 g/mol. The molecule has 7 nitrogen and oxygen atoms in total. The number of benzene rings is 3. The van der Waals surface area contributed by atoms with E-state index in [1.807, 2.05) is 67.6 Å². The average Bonchev–Trinajstić information content (AvgIpc) is 2.90. The fourth-order valence-electron chi connectivity index (χ4n) is 3.31. The van der Waals surface area contributed by atoms with Crippen LogP contribution in [0.5, 0.6) is 5.75 Å². The molecule has 0 aliphatic heterocycles. The first-order valence-corrected chi connectivity index (χ1v) is 12.7. The summed E-state index contributed by atoms with van der Waals surface area (Å²) >= 11 is 7.25. The first kappa shape index (κ1) is 27.7. The summed E-state index contributed by atoms with van der Waals surface area (Å²) in [6.45, 7) is 4.09. The van der Waals surface area contributed by atoms with Crippen molar-refractivity contribution >= 4 is 46.6 Å². The molecule has 3 N–H and O–H groups in total. The van der Waals surface area contributed by atoms with Gasteiger partial charge in [0.1, 0.15) is 17.4 Å². The van der Waals surface area contributed by atoms with Crippen molar-refractivity contribution in [3.8, 4) is 11.8 Å². The number of methoxy groups -OCH3 is 1. The summed E-state index contributed by atoms with van der Waals surface area (Å²) in [6, 6.07) is 22.3. The van der Waals surface area contributed by atoms with Crippen LogP contribution in [0, 0.1) is 25.2 Å². The molecule has 0 fully saturated rings. The summed E-state index contributed by atoms with van der Waals surface area (Å²) < 4.78 is 5.34. The van der Waals surface area contributed by atoms with Crippen LogP contribution in [0.25, 0.3) is 0 Å². The number of nitrogens with one attached hydrogen (secondary N) is 3. The number of amides is 2. The van der Waals surface area contributed by atoms with Crippen molar-refractivity contribution in [3.63, 3.8) is 0 Å². The Morgan fingerprint density at radius 1 is 0.973 bits per heavy atom. The Labute approximate surface area is 225 Å². The zero-order valence-electron chi connectivity index (χ0n) is 20.7. The summed E-state index contributed by atoms with van der Waals surface area (Å²) in [6.07, 6.45) is 0. The minimum Gasteiger partial charge on any atom is -0.495 e. The second kappa shape index (κ2) is 13.4. The van der Waals surface area contributed by atoms with Crippen LogP contribution in [0.4, 0.5) is 11.4 Å². The number of rotatable bonds is 10. The van der Waals surface area contributed by atoms with E-state index in [0.717, 1.165) is 34.1 Å². The Kier molecular flexibility index (Phi) is 10.0. The van der Waals surface area contributed by atoms with Crippen LogP contribution >= 0.6 is 23.4 Å². The third-order valence-electron chi connectivity index (χ3n) is 5.37. The molecule has 2 amide bonds. The highest BCUT2D eigenvalue weighted by Gasteiger charge is 2.20. The molecule has 0 unspecified atom stereocenters. The summed E-state index contributed by atoms with van der Waals surface area (Å²) in [5.41, 5.74) is 3.56. The van der Waals surface area contributed by atoms with Crippen LogP contribution in [-0.4, -0.2) is 24.7 Å². The summed E-state index contributed by atoms with van der Waals surface area (Å²) in [5.74, 6) is -0.507. The molecular formula is C28H27ClN4O3S. The molecule has 0 bridgehead atoms. The number of carbonyl (C=O) groups excluding carboxylic acids is 2. The van der Waals surface area contributed by atoms with Crippen molar-refractivity contribution in [2.45, 2.75) is 20.4 Å². The molecule has 0 heterocycles. The first-order valence-electron chi connectivity index (χ1n) is 11.4. The van der Waals surface area contributed by atoms with Crippen molar-refractivity contribution in [1.29, 1.82) is 5.26 Å². The van der Waals surface area contributed by atoms with E-state index in [1.54, 1.807) is 19.1 Å². The second-order valence-corrected chi connectivity index (χ2v) is 9.46. The zero-order valence-corrected chi connectivity index (χ0v) is 22.3. The molecule has 0 atom stereocenters. The van der Waals surface area contributed by atoms with Gasteiger partial charge in [-0.2, -0.15) is 5.26 Å². The van der Waals surface area contributed by atoms with E-state index in [4.69, 9.17) is 16.3 Å². The Balaban J connectivity index is 1.85. The molecule has 0 saturated carbocycles. The van der Waals surface area contributed by atoms with Gasteiger partial charge in [-0.1, -0.05) is 71.9 Å². The molecule has 190 valence electrons. The Morgan fingerprint density at radius 3 is 2.35 bits per heavy atom. The number of thioether (sulfide) groups is 1. The summed E-state index contributed by atoms with van der Waals surface area (Å²) in [5, 5.41) is 19.5. The van der Waals surface area contributed by atoms with Crippen molar-refractivity contribution < 1.29 is 14.3 Å². The predicted molar refractivity (Wildman–Crippen MR) is 150 cm³/mol. The topological polar surface area (TPSA) is 103 Å². The Bertz CT molecular complexity index is 1350. The van der Waals surface area contributed by atoms with Crippen LogP contribution in [0.3, 0.4) is 0 Å². The van der Waals surface area contributed by atoms with Gasteiger partial charge in [0.05, 0.1) is 23.6 Å². The van der Waals surface area contributed by atoms with Gasteiger partial charge < -0.3 is 20.7 Å². The van der Waals surface area contributed by atoms with Gasteiger partial charge in [0.15, 0.2) is 0 Å². The number of para-hydroxylation sites is 1. The van der Waals surface area contributed by atoms with Gasteiger partial charge in [0.25, 0.3) is 5.91 Å². The third-order valence-corrected chi connectivity index (χ3v) is 6.78. The highest BCUT2D eigenvalue weighted by molar-refractivity contribution is 8.03. The van der Waals surface area contributed by atoms with Gasteiger partial charge in [-0.05, 0) is 42.7 Å². The van der Waals surface area contributed by atoms with Crippen molar-refractivity contribution in [3.05, 3.63) is 99.0 Å². The van der Waals surface area contributed by atoms with Gasteiger partial charge in [-0.3, -0.25) is 9.59 Å². The quantitative estimate of drug-likeness (QED) is 0.224. The fourth-order valence-corrected chi connectivity index (χ4v) is 4.31. The predicted octanol–water partition coefficient (Wildman–Crippen LogP) is 5.80. The van der Waals surface area contributed by atoms with Crippen LogP contribution in [0.15, 0.2) is 77.3 Å². The first-order chi connectivity index (χ1) is 17.8. The van der Waals surface area contributed by atoms with Gasteiger partial charge >= 0.3 is 0 Å². The number of anilines is 2. The molecule has 3 aromatic carbocycles. The SMILES string of the molecule is COc1cc(Cl)c(C)cc1NC(=O)C(C#N)=C(Nc1ccccc1C)SCC(=O)NCc1ccccc1. The lowest BCUT2D eigenvalue weighted by atomic mass is 10.2. The van der Waals surface area contributed by atoms with E-state index >= 15 is 0 Å². The average molecular weight is 535 g/mol. The van der Waals surface area contributed by atoms with Crippen LogP contribution in [-0.2, 0) is 16.1 Å². The smallest absolute Gasteiger partial charge is 0.269 e. The molecule has 0 aromatic heterocycles. The van der Waals surface area contributed by atoms with Gasteiger partial charge in [0, 0.05) is 23.3 Å². The fraction of sp³-hybridized carbons (Fsp3) is 0.179. The largest absolute Gasteiger partial charge is 0.495 e. The highest BCUT2D eigenvalue weighted by atomic mass is 35.5. The minimum absolute atomic E-state index is 0.00286. The molecule has 0 aliphatic carbocycles. The lowest BCUT2D eigenvalue weighted by molar-refractivity contribution is -0.118. The molecule has 0 spiro atoms. The molecule has 0 aliphatic rings. The van der Waals surface area contributed by atoms with E-state index in [9.17, 15) is 14.9 Å². The molecule has 9 heteroatoms. The number of hydrogen-bond acceptors (Lipinski definition) is 6. The molecule has 3 aromatic rings. The third kappa shape index (κ3) is 7.78. The van der Waals surface area contributed by atoms with E-state index in [-0.39, 0.29) is 22.3 Å². The minimum atomic E-state index is -0.643. The maximum atomic E-state index is 13.2. The Morgan fingerprint density at radius 2 is 1.68 bits per heavy atom. The standard InChI is InChI=1S/C28H27ClN4O3S/c1-18-9-7-8-12-23(18)33-28(37-17-26(34)31-16-20-10-5-4-6-11-20)21(15-30)27(35)32-24-13-19(2)22(29)14-25(24)36-3/h4-14,33H,16-17H2,1-3H3,(H,31,34)(H,32,35). The molecule has 0 radical (unpaired) electrons. The van der Waals surface area contributed by atoms with Crippen molar-refractivity contribution in [2.75, 3.05) is 23.5 Å². The van der Waals surface area contributed by atoms with Gasteiger partial charge in [0.2, 0.25) is 5.91 Å². The van der Waals surface area contributed by atoms with E-state index in [2.05, 4.69) is 16.0 Å². The normalized spacial score (nSPS) is 11.1. The number of hydrogen-bond donors (Lipinski definition) is 3. The summed E-state index contributed by atoms with van der Waals surface area (Å²) in [4.78, 5) is 25.8. The molecule has 37 heavy (non-hydrogen) atoms. The van der Waals surface area contributed by atoms with Crippen LogP contribution in [0.2, 0.25) is 5.02 Å². The number of nitrogens with zero attached hydrogens (tertiary/aromatic N) is 1.